The van der Waals surface area contributed by atoms with E-state index in [4.69, 9.17) is 4.74 Å². The summed E-state index contributed by atoms with van der Waals surface area (Å²) < 4.78 is 5.20. The molecule has 3 N–H and O–H groups in total. The zero-order chi connectivity index (χ0) is 12.0. The molecule has 0 bridgehead atoms. The van der Waals surface area contributed by atoms with Crippen LogP contribution in [0.25, 0.3) is 0 Å². The molecule has 0 heterocycles. The van der Waals surface area contributed by atoms with Gasteiger partial charge in [-0.2, -0.15) is 0 Å². The maximum absolute atomic E-state index is 11.2. The van der Waals surface area contributed by atoms with E-state index in [1.54, 1.807) is 12.1 Å². The number of hydrogen-bond donors (Lipinski definition) is 3. The number of phenols is 1. The van der Waals surface area contributed by atoms with Crippen LogP contribution in [0, 0.1) is 0 Å². The number of anilines is 1. The highest BCUT2D eigenvalue weighted by molar-refractivity contribution is 5.89. The summed E-state index contributed by atoms with van der Waals surface area (Å²) >= 11 is 0. The Morgan fingerprint density at radius 3 is 2.81 bits per heavy atom. The monoisotopic (exact) mass is 224 g/mol. The van der Waals surface area contributed by atoms with Gasteiger partial charge in [-0.1, -0.05) is 0 Å². The highest BCUT2D eigenvalue weighted by atomic mass is 16.5. The molecule has 0 aliphatic carbocycles. The van der Waals surface area contributed by atoms with E-state index in [0.717, 1.165) is 0 Å². The fourth-order valence-corrected chi connectivity index (χ4v) is 1.20. The third-order valence-corrected chi connectivity index (χ3v) is 1.85. The number of rotatable bonds is 4. The fourth-order valence-electron chi connectivity index (χ4n) is 1.20. The van der Waals surface area contributed by atoms with Gasteiger partial charge in [-0.05, 0) is 26.0 Å². The zero-order valence-corrected chi connectivity index (χ0v) is 9.41. The molecule has 0 radical (unpaired) electrons. The molecule has 1 rings (SSSR count). The van der Waals surface area contributed by atoms with Crippen molar-refractivity contribution in [1.29, 1.82) is 0 Å². The van der Waals surface area contributed by atoms with Crippen molar-refractivity contribution in [2.24, 2.45) is 0 Å². The number of hydrogen-bond acceptors (Lipinski definition) is 3. The Morgan fingerprint density at radius 1 is 1.44 bits per heavy atom. The van der Waals surface area contributed by atoms with E-state index in [1.165, 1.54) is 6.07 Å². The van der Waals surface area contributed by atoms with Gasteiger partial charge in [-0.25, -0.2) is 4.79 Å². The molecular weight excluding hydrogens is 208 g/mol. The summed E-state index contributed by atoms with van der Waals surface area (Å²) in [6.07, 6.45) is 0. The Balaban J connectivity index is 2.74. The maximum Gasteiger partial charge on any atom is 0.319 e. The topological polar surface area (TPSA) is 70.6 Å². The number of ether oxygens (including phenoxy) is 1. The molecule has 1 aromatic rings. The minimum Gasteiger partial charge on any atom is -0.504 e. The SMILES string of the molecule is CCNC(=O)Nc1ccc(O)c(OCC)c1. The minimum absolute atomic E-state index is 0.0586. The molecule has 16 heavy (non-hydrogen) atoms. The van der Waals surface area contributed by atoms with Crippen molar-refractivity contribution < 1.29 is 14.6 Å². The number of amides is 2. The summed E-state index contributed by atoms with van der Waals surface area (Å²) in [6.45, 7) is 4.67. The van der Waals surface area contributed by atoms with Crippen molar-refractivity contribution in [2.75, 3.05) is 18.5 Å². The van der Waals surface area contributed by atoms with Crippen LogP contribution in [0.3, 0.4) is 0 Å². The van der Waals surface area contributed by atoms with Crippen LogP contribution in [-0.4, -0.2) is 24.3 Å². The zero-order valence-electron chi connectivity index (χ0n) is 9.41. The number of urea groups is 1. The van der Waals surface area contributed by atoms with Crippen LogP contribution < -0.4 is 15.4 Å². The predicted octanol–water partition coefficient (Wildman–Crippen LogP) is 1.93. The van der Waals surface area contributed by atoms with Gasteiger partial charge in [0.25, 0.3) is 0 Å². The molecule has 0 unspecified atom stereocenters. The molecule has 0 atom stereocenters. The molecule has 0 saturated heterocycles. The molecule has 0 aromatic heterocycles. The molecule has 88 valence electrons. The van der Waals surface area contributed by atoms with Crippen LogP contribution in [0.5, 0.6) is 11.5 Å². The second-order valence-corrected chi connectivity index (χ2v) is 3.10. The van der Waals surface area contributed by atoms with Crippen molar-refractivity contribution >= 4 is 11.7 Å². The van der Waals surface area contributed by atoms with Crippen LogP contribution in [-0.2, 0) is 0 Å². The third kappa shape index (κ3) is 3.34. The lowest BCUT2D eigenvalue weighted by Gasteiger charge is -2.09. The number of nitrogens with one attached hydrogen (secondary N) is 2. The first kappa shape index (κ1) is 12.2. The lowest BCUT2D eigenvalue weighted by atomic mass is 10.3. The van der Waals surface area contributed by atoms with Gasteiger partial charge in [0.15, 0.2) is 11.5 Å². The van der Waals surface area contributed by atoms with Crippen LogP contribution >= 0.6 is 0 Å². The van der Waals surface area contributed by atoms with Crippen molar-refractivity contribution in [1.82, 2.24) is 5.32 Å². The maximum atomic E-state index is 11.2. The van der Waals surface area contributed by atoms with Crippen LogP contribution in [0.1, 0.15) is 13.8 Å². The van der Waals surface area contributed by atoms with E-state index in [0.29, 0.717) is 24.6 Å². The molecule has 0 fully saturated rings. The van der Waals surface area contributed by atoms with Crippen molar-refractivity contribution in [2.45, 2.75) is 13.8 Å². The van der Waals surface area contributed by atoms with Crippen LogP contribution in [0.4, 0.5) is 10.5 Å². The first-order chi connectivity index (χ1) is 7.67. The van der Waals surface area contributed by atoms with Gasteiger partial charge < -0.3 is 20.5 Å². The lowest BCUT2D eigenvalue weighted by Crippen LogP contribution is -2.28. The van der Waals surface area contributed by atoms with Crippen molar-refractivity contribution in [3.05, 3.63) is 18.2 Å². The summed E-state index contributed by atoms with van der Waals surface area (Å²) in [4.78, 5) is 11.2. The summed E-state index contributed by atoms with van der Waals surface area (Å²) in [7, 11) is 0. The molecule has 1 aromatic carbocycles. The molecule has 2 amide bonds. The average Bonchev–Trinajstić information content (AvgIpc) is 2.24. The van der Waals surface area contributed by atoms with Crippen LogP contribution in [0.2, 0.25) is 0 Å². The average molecular weight is 224 g/mol. The Kier molecular flexibility index (Phi) is 4.44. The van der Waals surface area contributed by atoms with Gasteiger partial charge in [0.2, 0.25) is 0 Å². The van der Waals surface area contributed by atoms with Crippen molar-refractivity contribution in [3.63, 3.8) is 0 Å². The van der Waals surface area contributed by atoms with Gasteiger partial charge in [0.1, 0.15) is 0 Å². The molecule has 0 aliphatic rings. The lowest BCUT2D eigenvalue weighted by molar-refractivity contribution is 0.252. The highest BCUT2D eigenvalue weighted by Crippen LogP contribution is 2.28. The second kappa shape index (κ2) is 5.85. The smallest absolute Gasteiger partial charge is 0.319 e. The molecule has 5 heteroatoms. The number of phenolic OH excluding ortho intramolecular Hbond substituents is 1. The first-order valence-corrected chi connectivity index (χ1v) is 5.18. The number of carbonyl (C=O) groups excluding carboxylic acids is 1. The minimum atomic E-state index is -0.282. The highest BCUT2D eigenvalue weighted by Gasteiger charge is 2.05. The first-order valence-electron chi connectivity index (χ1n) is 5.18. The second-order valence-electron chi connectivity index (χ2n) is 3.10. The van der Waals surface area contributed by atoms with Gasteiger partial charge in [0, 0.05) is 18.3 Å². The van der Waals surface area contributed by atoms with Crippen molar-refractivity contribution in [3.8, 4) is 11.5 Å². The van der Waals surface area contributed by atoms with Gasteiger partial charge >= 0.3 is 6.03 Å². The fraction of sp³-hybridized carbons (Fsp3) is 0.364. The summed E-state index contributed by atoms with van der Waals surface area (Å²) in [6, 6.07) is 4.38. The van der Waals surface area contributed by atoms with E-state index < -0.39 is 0 Å². The Morgan fingerprint density at radius 2 is 2.19 bits per heavy atom. The molecule has 0 spiro atoms. The number of aromatic hydroxyl groups is 1. The summed E-state index contributed by atoms with van der Waals surface area (Å²) in [5.74, 6) is 0.417. The van der Waals surface area contributed by atoms with Crippen LogP contribution in [0.15, 0.2) is 18.2 Å². The number of benzene rings is 1. The van der Waals surface area contributed by atoms with E-state index in [-0.39, 0.29) is 11.8 Å². The Hall–Kier alpha value is -1.91. The molecular formula is C11H16N2O3. The molecule has 0 saturated carbocycles. The predicted molar refractivity (Wildman–Crippen MR) is 62.0 cm³/mol. The molecule has 0 aliphatic heterocycles. The quantitative estimate of drug-likeness (QED) is 0.684. The summed E-state index contributed by atoms with van der Waals surface area (Å²) in [5, 5.41) is 14.7. The summed E-state index contributed by atoms with van der Waals surface area (Å²) in [5.41, 5.74) is 0.576. The van der Waals surface area contributed by atoms with Gasteiger partial charge in [-0.3, -0.25) is 0 Å². The van der Waals surface area contributed by atoms with E-state index in [1.807, 2.05) is 13.8 Å². The molecule has 5 nitrogen and oxygen atoms in total. The third-order valence-electron chi connectivity index (χ3n) is 1.85. The van der Waals surface area contributed by atoms with Gasteiger partial charge in [-0.15, -0.1) is 0 Å². The number of carbonyl (C=O) groups is 1. The Bertz CT molecular complexity index is 366. The van der Waals surface area contributed by atoms with E-state index in [9.17, 15) is 9.90 Å². The Labute approximate surface area is 94.4 Å². The van der Waals surface area contributed by atoms with E-state index >= 15 is 0 Å². The standard InChI is InChI=1S/C11H16N2O3/c1-3-12-11(15)13-8-5-6-9(14)10(7-8)16-4-2/h5-7,14H,3-4H2,1-2H3,(H2,12,13,15). The van der Waals surface area contributed by atoms with E-state index in [2.05, 4.69) is 10.6 Å². The largest absolute Gasteiger partial charge is 0.504 e. The normalized spacial score (nSPS) is 9.62. The van der Waals surface area contributed by atoms with Gasteiger partial charge in [0.05, 0.1) is 6.61 Å².